The maximum Gasteiger partial charge on any atom is 0.312 e. The molecule has 2 rings (SSSR count). The number of nitrogens with zero attached hydrogens (tertiary/aromatic N) is 5. The maximum atomic E-state index is 12.7. The standard InChI is InChI=1S/C16H21N5O3/c1-16(2,3)14(23)24-10-21-13(22)11-7-6-8-17-12(11)19-15(21)18-9-20(4)5/h6-9H,10H2,1-5H3. The number of hydrogen-bond donors (Lipinski definition) is 0. The van der Waals surface area contributed by atoms with Crippen molar-refractivity contribution in [2.24, 2.45) is 10.4 Å². The number of carbonyl (C=O) groups excluding carboxylic acids is 1. The number of aliphatic imine (C=N–C) groups is 1. The quantitative estimate of drug-likeness (QED) is 0.480. The average molecular weight is 331 g/mol. The molecule has 2 heterocycles. The van der Waals surface area contributed by atoms with E-state index < -0.39 is 11.4 Å². The van der Waals surface area contributed by atoms with Gasteiger partial charge in [0.25, 0.3) is 5.56 Å². The topological polar surface area (TPSA) is 89.7 Å². The van der Waals surface area contributed by atoms with E-state index in [4.69, 9.17) is 4.74 Å². The molecule has 0 spiro atoms. The van der Waals surface area contributed by atoms with Crippen LogP contribution in [0.4, 0.5) is 5.95 Å². The molecule has 0 bridgehead atoms. The first-order valence-corrected chi connectivity index (χ1v) is 7.43. The third-order valence-corrected chi connectivity index (χ3v) is 3.05. The molecule has 2 aromatic heterocycles. The smallest absolute Gasteiger partial charge is 0.312 e. The number of ether oxygens (including phenoxy) is 1. The molecule has 128 valence electrons. The van der Waals surface area contributed by atoms with Gasteiger partial charge in [0.05, 0.1) is 17.1 Å². The molecule has 8 heteroatoms. The molecule has 0 aliphatic carbocycles. The largest absolute Gasteiger partial charge is 0.443 e. The lowest BCUT2D eigenvalue weighted by atomic mass is 9.98. The van der Waals surface area contributed by atoms with Crippen molar-refractivity contribution in [3.63, 3.8) is 0 Å². The zero-order valence-corrected chi connectivity index (χ0v) is 14.5. The maximum absolute atomic E-state index is 12.7. The van der Waals surface area contributed by atoms with Crippen molar-refractivity contribution in [1.29, 1.82) is 0 Å². The summed E-state index contributed by atoms with van der Waals surface area (Å²) in [6.45, 7) is 4.97. The van der Waals surface area contributed by atoms with Crippen molar-refractivity contribution >= 4 is 29.3 Å². The van der Waals surface area contributed by atoms with Gasteiger partial charge in [-0.15, -0.1) is 0 Å². The number of hydrogen-bond acceptors (Lipinski definition) is 6. The van der Waals surface area contributed by atoms with Crippen LogP contribution in [-0.4, -0.2) is 45.8 Å². The van der Waals surface area contributed by atoms with E-state index in [2.05, 4.69) is 15.0 Å². The molecule has 24 heavy (non-hydrogen) atoms. The Morgan fingerprint density at radius 2 is 2.12 bits per heavy atom. The van der Waals surface area contributed by atoms with Crippen LogP contribution in [0.5, 0.6) is 0 Å². The molecular formula is C16H21N5O3. The minimum atomic E-state index is -0.664. The molecule has 0 aliphatic rings. The molecule has 2 aromatic rings. The number of fused-ring (bicyclic) bond motifs is 1. The van der Waals surface area contributed by atoms with Gasteiger partial charge in [-0.2, -0.15) is 4.98 Å². The van der Waals surface area contributed by atoms with Crippen LogP contribution in [0.25, 0.3) is 11.0 Å². The van der Waals surface area contributed by atoms with Crippen molar-refractivity contribution in [3.8, 4) is 0 Å². The first kappa shape index (κ1) is 17.6. The third kappa shape index (κ3) is 3.95. The van der Waals surface area contributed by atoms with Crippen molar-refractivity contribution < 1.29 is 9.53 Å². The first-order chi connectivity index (χ1) is 11.2. The lowest BCUT2D eigenvalue weighted by Crippen LogP contribution is -2.28. The van der Waals surface area contributed by atoms with Gasteiger partial charge in [-0.1, -0.05) is 0 Å². The number of aromatic nitrogens is 3. The second-order valence-corrected chi connectivity index (χ2v) is 6.54. The predicted octanol–water partition coefficient (Wildman–Crippen LogP) is 1.56. The molecule has 0 N–H and O–H groups in total. The van der Waals surface area contributed by atoms with Crippen LogP contribution >= 0.6 is 0 Å². The first-order valence-electron chi connectivity index (χ1n) is 7.43. The van der Waals surface area contributed by atoms with E-state index in [1.165, 1.54) is 10.9 Å². The van der Waals surface area contributed by atoms with Crippen LogP contribution in [0.15, 0.2) is 28.1 Å². The van der Waals surface area contributed by atoms with Gasteiger partial charge in [-0.3, -0.25) is 9.59 Å². The highest BCUT2D eigenvalue weighted by atomic mass is 16.5. The summed E-state index contributed by atoms with van der Waals surface area (Å²) in [5.41, 5.74) is -0.727. The monoisotopic (exact) mass is 331 g/mol. The third-order valence-electron chi connectivity index (χ3n) is 3.05. The Labute approximate surface area is 139 Å². The number of rotatable bonds is 4. The van der Waals surface area contributed by atoms with Crippen LogP contribution in [0.2, 0.25) is 0 Å². The Morgan fingerprint density at radius 3 is 2.75 bits per heavy atom. The molecule has 0 radical (unpaired) electrons. The Hall–Kier alpha value is -2.77. The normalized spacial score (nSPS) is 11.9. The molecule has 0 aliphatic heterocycles. The highest BCUT2D eigenvalue weighted by molar-refractivity contribution is 5.76. The Bertz CT molecular complexity index is 834. The van der Waals surface area contributed by atoms with E-state index in [0.717, 1.165) is 0 Å². The van der Waals surface area contributed by atoms with Crippen LogP contribution in [-0.2, 0) is 16.3 Å². The molecule has 0 atom stereocenters. The highest BCUT2D eigenvalue weighted by Crippen LogP contribution is 2.17. The van der Waals surface area contributed by atoms with Crippen LogP contribution in [0.3, 0.4) is 0 Å². The lowest BCUT2D eigenvalue weighted by Gasteiger charge is -2.18. The number of pyridine rings is 1. The molecule has 0 unspecified atom stereocenters. The number of carbonyl (C=O) groups is 1. The molecule has 0 fully saturated rings. The molecule has 0 saturated carbocycles. The van der Waals surface area contributed by atoms with Gasteiger partial charge in [-0.05, 0) is 32.9 Å². The van der Waals surface area contributed by atoms with Crippen molar-refractivity contribution in [2.75, 3.05) is 14.1 Å². The summed E-state index contributed by atoms with van der Waals surface area (Å²) in [7, 11) is 3.59. The summed E-state index contributed by atoms with van der Waals surface area (Å²) in [6.07, 6.45) is 3.07. The summed E-state index contributed by atoms with van der Waals surface area (Å²) in [4.78, 5) is 38.9. The fraction of sp³-hybridized carbons (Fsp3) is 0.438. The molecule has 0 amide bonds. The zero-order chi connectivity index (χ0) is 17.9. The minimum Gasteiger partial charge on any atom is -0.443 e. The van der Waals surface area contributed by atoms with Gasteiger partial charge in [0.2, 0.25) is 5.95 Å². The zero-order valence-electron chi connectivity index (χ0n) is 14.5. The molecular weight excluding hydrogens is 310 g/mol. The summed E-state index contributed by atoms with van der Waals surface area (Å²) in [5, 5.41) is 0.341. The van der Waals surface area contributed by atoms with Gasteiger partial charge in [0.1, 0.15) is 0 Å². The predicted molar refractivity (Wildman–Crippen MR) is 91.2 cm³/mol. The summed E-state index contributed by atoms with van der Waals surface area (Å²) >= 11 is 0. The van der Waals surface area contributed by atoms with E-state index in [0.29, 0.717) is 11.0 Å². The van der Waals surface area contributed by atoms with E-state index in [-0.39, 0.29) is 18.2 Å². The van der Waals surface area contributed by atoms with Gasteiger partial charge in [-0.25, -0.2) is 14.5 Å². The molecule has 0 saturated heterocycles. The second-order valence-electron chi connectivity index (χ2n) is 6.54. The summed E-state index contributed by atoms with van der Waals surface area (Å²) in [6, 6.07) is 3.28. The van der Waals surface area contributed by atoms with Crippen LogP contribution < -0.4 is 5.56 Å². The van der Waals surface area contributed by atoms with Gasteiger partial charge in [0, 0.05) is 20.3 Å². The molecule has 0 aromatic carbocycles. The SMILES string of the molecule is CN(C)C=Nc1nc2ncccc2c(=O)n1COC(=O)C(C)(C)C. The fourth-order valence-corrected chi connectivity index (χ4v) is 1.77. The van der Waals surface area contributed by atoms with E-state index in [1.807, 2.05) is 0 Å². The van der Waals surface area contributed by atoms with Gasteiger partial charge < -0.3 is 9.64 Å². The van der Waals surface area contributed by atoms with E-state index in [9.17, 15) is 9.59 Å². The second kappa shape index (κ2) is 6.77. The van der Waals surface area contributed by atoms with Crippen LogP contribution in [0, 0.1) is 5.41 Å². The Morgan fingerprint density at radius 1 is 1.42 bits per heavy atom. The van der Waals surface area contributed by atoms with Crippen molar-refractivity contribution in [2.45, 2.75) is 27.5 Å². The van der Waals surface area contributed by atoms with Crippen molar-refractivity contribution in [3.05, 3.63) is 28.7 Å². The Balaban J connectivity index is 2.48. The van der Waals surface area contributed by atoms with E-state index in [1.54, 1.807) is 58.1 Å². The Kier molecular flexibility index (Phi) is 4.96. The highest BCUT2D eigenvalue weighted by Gasteiger charge is 2.23. The lowest BCUT2D eigenvalue weighted by molar-refractivity contribution is -0.157. The fourth-order valence-electron chi connectivity index (χ4n) is 1.77. The summed E-state index contributed by atoms with van der Waals surface area (Å²) in [5.74, 6) is -0.287. The van der Waals surface area contributed by atoms with Crippen molar-refractivity contribution in [1.82, 2.24) is 19.4 Å². The van der Waals surface area contributed by atoms with Crippen LogP contribution in [0.1, 0.15) is 20.8 Å². The minimum absolute atomic E-state index is 0.126. The van der Waals surface area contributed by atoms with Gasteiger partial charge in [0.15, 0.2) is 12.4 Å². The average Bonchev–Trinajstić information content (AvgIpc) is 2.51. The van der Waals surface area contributed by atoms with Gasteiger partial charge >= 0.3 is 5.97 Å². The number of esters is 1. The van der Waals surface area contributed by atoms with E-state index >= 15 is 0 Å². The summed E-state index contributed by atoms with van der Waals surface area (Å²) < 4.78 is 6.46. The molecule has 8 nitrogen and oxygen atoms in total.